The largest absolute Gasteiger partial charge is 0.474 e. The minimum absolute atomic E-state index is 0.110. The van der Waals surface area contributed by atoms with Gasteiger partial charge < -0.3 is 14.6 Å². The number of carbonyl (C=O) groups excluding carboxylic acids is 1. The Hall–Kier alpha value is -2.88. The van der Waals surface area contributed by atoms with Crippen molar-refractivity contribution < 1.29 is 17.9 Å². The van der Waals surface area contributed by atoms with Gasteiger partial charge >= 0.3 is 0 Å². The van der Waals surface area contributed by atoms with E-state index >= 15 is 0 Å². The monoisotopic (exact) mass is 420 g/mol. The minimum atomic E-state index is -3.35. The summed E-state index contributed by atoms with van der Waals surface area (Å²) in [7, 11) is -1.89. The van der Waals surface area contributed by atoms with Gasteiger partial charge in [0.25, 0.3) is 11.5 Å². The number of hydrogen-bond donors (Lipinski definition) is 1. The predicted octanol–water partition coefficient (Wildman–Crippen LogP) is 1.16. The molecule has 0 aliphatic carbocycles. The van der Waals surface area contributed by atoms with E-state index in [-0.39, 0.29) is 23.1 Å². The maximum absolute atomic E-state index is 12.6. The third kappa shape index (κ3) is 4.94. The molecule has 0 bridgehead atoms. The highest BCUT2D eigenvalue weighted by atomic mass is 32.2. The number of aryl methyl sites for hydroxylation is 1. The van der Waals surface area contributed by atoms with Crippen molar-refractivity contribution in [1.82, 2.24) is 14.9 Å². The van der Waals surface area contributed by atoms with Gasteiger partial charge in [0.1, 0.15) is 11.7 Å². The number of piperidine rings is 1. The summed E-state index contributed by atoms with van der Waals surface area (Å²) in [5, 5.41) is 0. The molecule has 3 heterocycles. The van der Waals surface area contributed by atoms with Crippen LogP contribution in [-0.2, 0) is 10.0 Å². The van der Waals surface area contributed by atoms with Gasteiger partial charge in [0.05, 0.1) is 18.1 Å². The van der Waals surface area contributed by atoms with Crippen molar-refractivity contribution in [3.63, 3.8) is 0 Å². The normalized spacial score (nSPS) is 15.2. The summed E-state index contributed by atoms with van der Waals surface area (Å²) in [5.41, 5.74) is 0.919. The van der Waals surface area contributed by atoms with Crippen LogP contribution in [0.1, 0.15) is 28.9 Å². The minimum Gasteiger partial charge on any atom is -0.474 e. The number of H-pyrrole nitrogens is 1. The molecule has 2 aromatic rings. The lowest BCUT2D eigenvalue weighted by Gasteiger charge is -2.31. The molecule has 0 saturated carbocycles. The number of amides is 1. The lowest BCUT2D eigenvalue weighted by Crippen LogP contribution is -2.43. The first kappa shape index (κ1) is 20.8. The number of pyridine rings is 2. The van der Waals surface area contributed by atoms with E-state index in [4.69, 9.17) is 4.74 Å². The van der Waals surface area contributed by atoms with Gasteiger partial charge in [-0.1, -0.05) is 0 Å². The molecular weight excluding hydrogens is 396 g/mol. The van der Waals surface area contributed by atoms with E-state index in [1.807, 2.05) is 0 Å². The summed E-state index contributed by atoms with van der Waals surface area (Å²) < 4.78 is 30.1. The summed E-state index contributed by atoms with van der Waals surface area (Å²) in [5.74, 6) is 0.117. The van der Waals surface area contributed by atoms with Crippen molar-refractivity contribution in [2.24, 2.45) is 0 Å². The van der Waals surface area contributed by atoms with Crippen LogP contribution < -0.4 is 14.6 Å². The van der Waals surface area contributed by atoms with Crippen LogP contribution >= 0.6 is 0 Å². The highest BCUT2D eigenvalue weighted by Crippen LogP contribution is 2.21. The predicted molar refractivity (Wildman–Crippen MR) is 109 cm³/mol. The Morgan fingerprint density at radius 2 is 1.93 bits per heavy atom. The molecule has 3 rings (SSSR count). The van der Waals surface area contributed by atoms with Crippen molar-refractivity contribution in [3.8, 4) is 5.88 Å². The van der Waals surface area contributed by atoms with Crippen LogP contribution in [0, 0.1) is 6.92 Å². The zero-order valence-electron chi connectivity index (χ0n) is 16.6. The van der Waals surface area contributed by atoms with Crippen molar-refractivity contribution in [2.75, 3.05) is 30.7 Å². The fourth-order valence-corrected chi connectivity index (χ4v) is 3.57. The van der Waals surface area contributed by atoms with Crippen LogP contribution in [0.25, 0.3) is 0 Å². The molecule has 9 nitrogen and oxygen atoms in total. The molecule has 0 radical (unpaired) electrons. The third-order valence-corrected chi connectivity index (χ3v) is 6.09. The molecule has 0 aromatic carbocycles. The van der Waals surface area contributed by atoms with Crippen molar-refractivity contribution in [1.29, 1.82) is 0 Å². The Balaban J connectivity index is 1.57. The molecule has 156 valence electrons. The van der Waals surface area contributed by atoms with Gasteiger partial charge in [-0.15, -0.1) is 0 Å². The molecule has 0 atom stereocenters. The van der Waals surface area contributed by atoms with Crippen LogP contribution in [0.2, 0.25) is 0 Å². The molecule has 1 saturated heterocycles. The molecule has 1 N–H and O–H groups in total. The maximum atomic E-state index is 12.6. The van der Waals surface area contributed by atoms with E-state index in [1.54, 1.807) is 36.1 Å². The van der Waals surface area contributed by atoms with Crippen LogP contribution in [0.15, 0.2) is 35.3 Å². The molecule has 0 spiro atoms. The highest BCUT2D eigenvalue weighted by molar-refractivity contribution is 7.92. The van der Waals surface area contributed by atoms with Gasteiger partial charge in [0.2, 0.25) is 15.9 Å². The second kappa shape index (κ2) is 8.24. The standard InChI is InChI=1S/C19H24N4O5S/c1-13-4-6-16(18(24)21-13)19(25)23-10-8-15(9-11-23)28-17-7-5-14(12-20-17)22(2)29(3,26)27/h4-7,12,15H,8-11H2,1-3H3,(H,21,24). The summed E-state index contributed by atoms with van der Waals surface area (Å²) in [4.78, 5) is 33.0. The van der Waals surface area contributed by atoms with Gasteiger partial charge in [-0.2, -0.15) is 0 Å². The summed E-state index contributed by atoms with van der Waals surface area (Å²) in [6.07, 6.45) is 3.68. The average molecular weight is 420 g/mol. The lowest BCUT2D eigenvalue weighted by atomic mass is 10.1. The van der Waals surface area contributed by atoms with Crippen LogP contribution in [0.4, 0.5) is 5.69 Å². The number of likely N-dealkylation sites (tertiary alicyclic amines) is 1. The molecular formula is C19H24N4O5S. The van der Waals surface area contributed by atoms with E-state index in [2.05, 4.69) is 9.97 Å². The first-order chi connectivity index (χ1) is 13.6. The smallest absolute Gasteiger partial charge is 0.260 e. The number of sulfonamides is 1. The topological polar surface area (TPSA) is 113 Å². The fourth-order valence-electron chi connectivity index (χ4n) is 3.08. The number of anilines is 1. The number of nitrogens with one attached hydrogen (secondary N) is 1. The molecule has 10 heteroatoms. The van der Waals surface area contributed by atoms with Crippen LogP contribution in [0.5, 0.6) is 5.88 Å². The average Bonchev–Trinajstić information content (AvgIpc) is 2.67. The number of ether oxygens (including phenoxy) is 1. The van der Waals surface area contributed by atoms with E-state index in [0.29, 0.717) is 43.2 Å². The second-order valence-electron chi connectivity index (χ2n) is 7.08. The Morgan fingerprint density at radius 3 is 2.48 bits per heavy atom. The quantitative estimate of drug-likeness (QED) is 0.777. The molecule has 29 heavy (non-hydrogen) atoms. The third-order valence-electron chi connectivity index (χ3n) is 4.88. The number of nitrogens with zero attached hydrogens (tertiary/aromatic N) is 3. The van der Waals surface area contributed by atoms with Crippen molar-refractivity contribution in [2.45, 2.75) is 25.9 Å². The van der Waals surface area contributed by atoms with Gasteiger partial charge in [-0.3, -0.25) is 13.9 Å². The SMILES string of the molecule is Cc1ccc(C(=O)N2CCC(Oc3ccc(N(C)S(C)(=O)=O)cn3)CC2)c(=O)[nH]1. The zero-order valence-corrected chi connectivity index (χ0v) is 17.4. The number of aromatic amines is 1. The zero-order chi connectivity index (χ0) is 21.2. The molecule has 1 aliphatic rings. The number of aromatic nitrogens is 2. The number of carbonyl (C=O) groups is 1. The Kier molecular flexibility index (Phi) is 5.92. The van der Waals surface area contributed by atoms with Gasteiger partial charge in [-0.25, -0.2) is 13.4 Å². The van der Waals surface area contributed by atoms with Gasteiger partial charge in [0.15, 0.2) is 0 Å². The lowest BCUT2D eigenvalue weighted by molar-refractivity contribution is 0.0586. The first-order valence-electron chi connectivity index (χ1n) is 9.21. The fraction of sp³-hybridized carbons (Fsp3) is 0.421. The Bertz CT molecular complexity index is 1040. The maximum Gasteiger partial charge on any atom is 0.260 e. The number of rotatable bonds is 5. The summed E-state index contributed by atoms with van der Waals surface area (Å²) in [6, 6.07) is 6.52. The molecule has 2 aromatic heterocycles. The van der Waals surface area contributed by atoms with E-state index in [0.717, 1.165) is 10.6 Å². The Labute approximate surface area is 169 Å². The second-order valence-corrected chi connectivity index (χ2v) is 9.09. The number of hydrogen-bond acceptors (Lipinski definition) is 6. The van der Waals surface area contributed by atoms with E-state index in [9.17, 15) is 18.0 Å². The molecule has 1 fully saturated rings. The van der Waals surface area contributed by atoms with Crippen molar-refractivity contribution >= 4 is 21.6 Å². The highest BCUT2D eigenvalue weighted by Gasteiger charge is 2.26. The Morgan fingerprint density at radius 1 is 1.24 bits per heavy atom. The van der Waals surface area contributed by atoms with E-state index in [1.165, 1.54) is 13.2 Å². The van der Waals surface area contributed by atoms with Crippen molar-refractivity contribution in [3.05, 3.63) is 52.1 Å². The summed E-state index contributed by atoms with van der Waals surface area (Å²) >= 11 is 0. The first-order valence-corrected chi connectivity index (χ1v) is 11.1. The van der Waals surface area contributed by atoms with Gasteiger partial charge in [0, 0.05) is 44.7 Å². The molecule has 1 aliphatic heterocycles. The molecule has 1 amide bonds. The van der Waals surface area contributed by atoms with E-state index < -0.39 is 10.0 Å². The molecule has 0 unspecified atom stereocenters. The van der Waals surface area contributed by atoms with Crippen LogP contribution in [0.3, 0.4) is 0 Å². The van der Waals surface area contributed by atoms with Gasteiger partial charge in [-0.05, 0) is 25.1 Å². The van der Waals surface area contributed by atoms with Crippen LogP contribution in [-0.4, -0.2) is 61.7 Å². The summed E-state index contributed by atoms with van der Waals surface area (Å²) in [6.45, 7) is 2.72.